The van der Waals surface area contributed by atoms with Crippen LogP contribution in [0.25, 0.3) is 0 Å². The molecule has 1 aliphatic heterocycles. The lowest BCUT2D eigenvalue weighted by Crippen LogP contribution is -2.28. The Balaban J connectivity index is 1.71. The summed E-state index contributed by atoms with van der Waals surface area (Å²) < 4.78 is 5.22. The minimum atomic E-state index is -0.0270. The Kier molecular flexibility index (Phi) is 4.27. The van der Waals surface area contributed by atoms with Crippen LogP contribution in [-0.4, -0.2) is 42.6 Å². The molecule has 1 aromatic carbocycles. The third kappa shape index (κ3) is 3.33. The summed E-state index contributed by atoms with van der Waals surface area (Å²) in [5.74, 6) is 2.05. The second-order valence-corrected chi connectivity index (χ2v) is 5.27. The number of nitrogens with one attached hydrogen (secondary N) is 2. The van der Waals surface area contributed by atoms with Gasteiger partial charge in [-0.15, -0.1) is 0 Å². The predicted octanol–water partition coefficient (Wildman–Crippen LogP) is 1.74. The summed E-state index contributed by atoms with van der Waals surface area (Å²) in [7, 11) is 3.41. The molecule has 0 aliphatic carbocycles. The van der Waals surface area contributed by atoms with E-state index in [-0.39, 0.29) is 11.9 Å². The molecule has 1 aliphatic rings. The molecule has 2 N–H and O–H groups in total. The Morgan fingerprint density at radius 3 is 3.00 bits per heavy atom. The Morgan fingerprint density at radius 2 is 2.22 bits per heavy atom. The quantitative estimate of drug-likeness (QED) is 0.875. The van der Waals surface area contributed by atoms with Crippen molar-refractivity contribution in [3.63, 3.8) is 0 Å². The van der Waals surface area contributed by atoms with Crippen molar-refractivity contribution >= 4 is 23.4 Å². The third-order valence-electron chi connectivity index (χ3n) is 3.73. The Hall–Kier alpha value is -2.83. The molecule has 1 atom stereocenters. The fourth-order valence-electron chi connectivity index (χ4n) is 2.58. The van der Waals surface area contributed by atoms with Crippen molar-refractivity contribution in [1.29, 1.82) is 0 Å². The van der Waals surface area contributed by atoms with Gasteiger partial charge >= 0.3 is 0 Å². The van der Waals surface area contributed by atoms with Crippen LogP contribution >= 0.6 is 0 Å². The number of aromatic nitrogens is 2. The van der Waals surface area contributed by atoms with E-state index in [0.717, 1.165) is 17.3 Å². The lowest BCUT2D eigenvalue weighted by molar-refractivity contribution is -0.117. The lowest BCUT2D eigenvalue weighted by atomic mass is 10.2. The molecule has 7 heteroatoms. The lowest BCUT2D eigenvalue weighted by Gasteiger charge is -2.18. The van der Waals surface area contributed by atoms with E-state index in [1.807, 2.05) is 24.3 Å². The van der Waals surface area contributed by atoms with Gasteiger partial charge in [-0.3, -0.25) is 4.79 Å². The smallest absolute Gasteiger partial charge is 0.229 e. The number of methoxy groups -OCH3 is 1. The van der Waals surface area contributed by atoms with Crippen LogP contribution in [0.15, 0.2) is 36.5 Å². The zero-order valence-electron chi connectivity index (χ0n) is 13.1. The number of carbonyl (C=O) groups excluding carboxylic acids is 1. The Labute approximate surface area is 134 Å². The van der Waals surface area contributed by atoms with Gasteiger partial charge in [-0.1, -0.05) is 6.07 Å². The summed E-state index contributed by atoms with van der Waals surface area (Å²) in [5.41, 5.74) is 0.837. The number of nitrogens with zero attached hydrogens (tertiary/aromatic N) is 3. The highest BCUT2D eigenvalue weighted by molar-refractivity contribution is 5.96. The average Bonchev–Trinajstić information content (AvgIpc) is 2.95. The van der Waals surface area contributed by atoms with Crippen molar-refractivity contribution in [2.24, 2.45) is 0 Å². The number of benzene rings is 1. The minimum absolute atomic E-state index is 0.0270. The van der Waals surface area contributed by atoms with Crippen LogP contribution in [0.1, 0.15) is 6.42 Å². The summed E-state index contributed by atoms with van der Waals surface area (Å²) in [4.78, 5) is 22.6. The molecular weight excluding hydrogens is 294 g/mol. The van der Waals surface area contributed by atoms with Crippen LogP contribution in [0.2, 0.25) is 0 Å². The molecule has 7 nitrogen and oxygen atoms in total. The maximum atomic E-state index is 12.3. The maximum absolute atomic E-state index is 12.3. The molecule has 0 spiro atoms. The molecule has 120 valence electrons. The van der Waals surface area contributed by atoms with E-state index in [2.05, 4.69) is 20.6 Å². The fourth-order valence-corrected chi connectivity index (χ4v) is 2.58. The topological polar surface area (TPSA) is 79.4 Å². The highest BCUT2D eigenvalue weighted by atomic mass is 16.5. The molecule has 2 aromatic rings. The van der Waals surface area contributed by atoms with Crippen LogP contribution in [0.3, 0.4) is 0 Å². The Bertz CT molecular complexity index is 706. The summed E-state index contributed by atoms with van der Waals surface area (Å²) in [6, 6.07) is 9.26. The number of carbonyl (C=O) groups is 1. The van der Waals surface area contributed by atoms with E-state index in [1.54, 1.807) is 31.3 Å². The van der Waals surface area contributed by atoms with Crippen LogP contribution in [0, 0.1) is 0 Å². The minimum Gasteiger partial charge on any atom is -0.497 e. The molecule has 1 amide bonds. The number of hydrogen-bond donors (Lipinski definition) is 2. The zero-order valence-corrected chi connectivity index (χ0v) is 13.1. The van der Waals surface area contributed by atoms with Gasteiger partial charge in [0, 0.05) is 38.0 Å². The first-order chi connectivity index (χ1) is 11.2. The monoisotopic (exact) mass is 313 g/mol. The molecular formula is C16H19N5O2. The highest BCUT2D eigenvalue weighted by Crippen LogP contribution is 2.26. The SMILES string of the molecule is CNc1ccnc(NC2CC(=O)N(c3cccc(OC)c3)C2)n1. The normalized spacial score (nSPS) is 17.2. The Morgan fingerprint density at radius 1 is 1.35 bits per heavy atom. The van der Waals surface area contributed by atoms with Crippen molar-refractivity contribution in [3.05, 3.63) is 36.5 Å². The summed E-state index contributed by atoms with van der Waals surface area (Å²) in [5, 5.41) is 6.18. The van der Waals surface area contributed by atoms with E-state index in [0.29, 0.717) is 18.9 Å². The molecule has 0 bridgehead atoms. The van der Waals surface area contributed by atoms with Crippen molar-refractivity contribution in [2.45, 2.75) is 12.5 Å². The van der Waals surface area contributed by atoms with Crippen LogP contribution in [0.4, 0.5) is 17.5 Å². The van der Waals surface area contributed by atoms with Gasteiger partial charge in [-0.05, 0) is 18.2 Å². The van der Waals surface area contributed by atoms with E-state index in [1.165, 1.54) is 0 Å². The zero-order chi connectivity index (χ0) is 16.2. The summed E-state index contributed by atoms with van der Waals surface area (Å²) in [6.07, 6.45) is 2.09. The average molecular weight is 313 g/mol. The maximum Gasteiger partial charge on any atom is 0.229 e. The number of anilines is 3. The molecule has 1 saturated heterocycles. The van der Waals surface area contributed by atoms with Crippen molar-refractivity contribution in [1.82, 2.24) is 9.97 Å². The molecule has 2 heterocycles. The number of amides is 1. The van der Waals surface area contributed by atoms with Crippen LogP contribution in [0.5, 0.6) is 5.75 Å². The number of ether oxygens (including phenoxy) is 1. The van der Waals surface area contributed by atoms with Gasteiger partial charge < -0.3 is 20.3 Å². The van der Waals surface area contributed by atoms with Gasteiger partial charge in [-0.25, -0.2) is 4.98 Å². The molecule has 3 rings (SSSR count). The molecule has 0 radical (unpaired) electrons. The number of hydrogen-bond acceptors (Lipinski definition) is 6. The molecule has 23 heavy (non-hydrogen) atoms. The van der Waals surface area contributed by atoms with Crippen molar-refractivity contribution in [2.75, 3.05) is 36.2 Å². The fraction of sp³-hybridized carbons (Fsp3) is 0.312. The van der Waals surface area contributed by atoms with Crippen LogP contribution < -0.4 is 20.3 Å². The first-order valence-electron chi connectivity index (χ1n) is 7.41. The highest BCUT2D eigenvalue weighted by Gasteiger charge is 2.31. The van der Waals surface area contributed by atoms with Gasteiger partial charge in [0.2, 0.25) is 11.9 Å². The van der Waals surface area contributed by atoms with Crippen molar-refractivity contribution < 1.29 is 9.53 Å². The summed E-state index contributed by atoms with van der Waals surface area (Å²) >= 11 is 0. The predicted molar refractivity (Wildman–Crippen MR) is 89.0 cm³/mol. The van der Waals surface area contributed by atoms with Gasteiger partial charge in [0.15, 0.2) is 0 Å². The molecule has 0 saturated carbocycles. The van der Waals surface area contributed by atoms with E-state index in [9.17, 15) is 4.79 Å². The van der Waals surface area contributed by atoms with E-state index >= 15 is 0 Å². The van der Waals surface area contributed by atoms with Crippen molar-refractivity contribution in [3.8, 4) is 5.75 Å². The van der Waals surface area contributed by atoms with Crippen LogP contribution in [-0.2, 0) is 4.79 Å². The second kappa shape index (κ2) is 6.51. The summed E-state index contributed by atoms with van der Waals surface area (Å²) in [6.45, 7) is 0.569. The largest absolute Gasteiger partial charge is 0.497 e. The number of rotatable bonds is 5. The third-order valence-corrected chi connectivity index (χ3v) is 3.73. The van der Waals surface area contributed by atoms with Gasteiger partial charge in [0.25, 0.3) is 0 Å². The molecule has 1 unspecified atom stereocenters. The van der Waals surface area contributed by atoms with E-state index < -0.39 is 0 Å². The van der Waals surface area contributed by atoms with Gasteiger partial charge in [-0.2, -0.15) is 4.98 Å². The standard InChI is InChI=1S/C16H19N5O2/c1-17-14-6-7-18-16(20-14)19-11-8-15(22)21(10-11)12-4-3-5-13(9-12)23-2/h3-7,9,11H,8,10H2,1-2H3,(H2,17,18,19,20). The van der Waals surface area contributed by atoms with Gasteiger partial charge in [0.05, 0.1) is 13.2 Å². The first-order valence-corrected chi connectivity index (χ1v) is 7.41. The second-order valence-electron chi connectivity index (χ2n) is 5.27. The van der Waals surface area contributed by atoms with Gasteiger partial charge in [0.1, 0.15) is 11.6 Å². The molecule has 1 aromatic heterocycles. The van der Waals surface area contributed by atoms with E-state index in [4.69, 9.17) is 4.74 Å². The first kappa shape index (κ1) is 15.1. The molecule has 1 fully saturated rings.